The van der Waals surface area contributed by atoms with Crippen molar-refractivity contribution in [2.45, 2.75) is 39.5 Å². The van der Waals surface area contributed by atoms with Gasteiger partial charge in [-0.3, -0.25) is 19.2 Å². The van der Waals surface area contributed by atoms with E-state index in [1.165, 1.54) is 9.80 Å². The average molecular weight is 495 g/mol. The molecule has 0 radical (unpaired) electrons. The van der Waals surface area contributed by atoms with Crippen LogP contribution >= 0.6 is 11.6 Å². The highest BCUT2D eigenvalue weighted by atomic mass is 35.5. The van der Waals surface area contributed by atoms with E-state index in [9.17, 15) is 19.2 Å². The first kappa shape index (κ1) is 23.5. The highest BCUT2D eigenvalue weighted by Crippen LogP contribution is 2.43. The van der Waals surface area contributed by atoms with Gasteiger partial charge in [-0.1, -0.05) is 24.6 Å². The Balaban J connectivity index is 1.28. The number of anilines is 2. The summed E-state index contributed by atoms with van der Waals surface area (Å²) in [6.45, 7) is 4.13. The van der Waals surface area contributed by atoms with Gasteiger partial charge in [0.2, 0.25) is 17.7 Å². The molecule has 2 aromatic rings. The fourth-order valence-electron chi connectivity index (χ4n) is 5.53. The van der Waals surface area contributed by atoms with Crippen LogP contribution in [-0.4, -0.2) is 30.2 Å². The Morgan fingerprint density at radius 3 is 2.54 bits per heavy atom. The van der Waals surface area contributed by atoms with E-state index in [-0.39, 0.29) is 42.5 Å². The van der Waals surface area contributed by atoms with Gasteiger partial charge in [0.25, 0.3) is 0 Å². The summed E-state index contributed by atoms with van der Waals surface area (Å²) in [5.74, 6) is -1.26. The van der Waals surface area contributed by atoms with Crippen LogP contribution < -0.4 is 14.5 Å². The maximum atomic E-state index is 13.1. The maximum absolute atomic E-state index is 13.1. The predicted octanol–water partition coefficient (Wildman–Crippen LogP) is 4.53. The number of halogens is 1. The molecular formula is C27H27ClN2O5. The lowest BCUT2D eigenvalue weighted by Crippen LogP contribution is -2.31. The summed E-state index contributed by atoms with van der Waals surface area (Å²) < 4.78 is 5.58. The van der Waals surface area contributed by atoms with E-state index in [1.54, 1.807) is 49.4 Å². The second-order valence-corrected chi connectivity index (χ2v) is 10.3. The van der Waals surface area contributed by atoms with Crippen molar-refractivity contribution >= 4 is 46.7 Å². The van der Waals surface area contributed by atoms with Gasteiger partial charge in [-0.15, -0.1) is 0 Å². The number of carbonyl (C=O) groups is 4. The number of esters is 1. The SMILES string of the molecule is Cc1cc(OC(=O)[C@@H]2CC(=O)N(c3cccc(Cl)c3)C2)ccc1N1C(=O)[C@@H]2CC[C@H](C)C[C@H]2C1=O. The van der Waals surface area contributed by atoms with Crippen LogP contribution in [0.25, 0.3) is 0 Å². The van der Waals surface area contributed by atoms with Gasteiger partial charge in [0, 0.05) is 23.7 Å². The van der Waals surface area contributed by atoms with E-state index in [0.717, 1.165) is 19.3 Å². The monoisotopic (exact) mass is 494 g/mol. The molecule has 35 heavy (non-hydrogen) atoms. The van der Waals surface area contributed by atoms with Gasteiger partial charge in [-0.2, -0.15) is 0 Å². The first-order valence-electron chi connectivity index (χ1n) is 12.0. The largest absolute Gasteiger partial charge is 0.426 e. The minimum absolute atomic E-state index is 0.0559. The molecule has 0 spiro atoms. The number of imide groups is 1. The van der Waals surface area contributed by atoms with E-state index >= 15 is 0 Å². The van der Waals surface area contributed by atoms with Crippen molar-refractivity contribution in [2.24, 2.45) is 23.7 Å². The Morgan fingerprint density at radius 1 is 1.03 bits per heavy atom. The highest BCUT2D eigenvalue weighted by molar-refractivity contribution is 6.31. The molecule has 8 heteroatoms. The number of benzene rings is 2. The van der Waals surface area contributed by atoms with Gasteiger partial charge < -0.3 is 9.64 Å². The summed E-state index contributed by atoms with van der Waals surface area (Å²) in [6.07, 6.45) is 2.50. The molecule has 3 aliphatic rings. The van der Waals surface area contributed by atoms with Gasteiger partial charge in [0.05, 0.1) is 23.4 Å². The Hall–Kier alpha value is -3.19. The third-order valence-electron chi connectivity index (χ3n) is 7.39. The van der Waals surface area contributed by atoms with Crippen LogP contribution in [0.1, 0.15) is 38.2 Å². The van der Waals surface area contributed by atoms with Crippen molar-refractivity contribution in [2.75, 3.05) is 16.3 Å². The molecule has 2 heterocycles. The fourth-order valence-corrected chi connectivity index (χ4v) is 5.71. The van der Waals surface area contributed by atoms with E-state index < -0.39 is 11.9 Å². The Labute approximate surface area is 209 Å². The van der Waals surface area contributed by atoms with Crippen molar-refractivity contribution < 1.29 is 23.9 Å². The molecule has 2 saturated heterocycles. The molecule has 1 saturated carbocycles. The second-order valence-electron chi connectivity index (χ2n) is 9.90. The van der Waals surface area contributed by atoms with Crippen molar-refractivity contribution in [3.05, 3.63) is 53.1 Å². The highest BCUT2D eigenvalue weighted by Gasteiger charge is 2.50. The molecular weight excluding hydrogens is 468 g/mol. The first-order valence-corrected chi connectivity index (χ1v) is 12.4. The zero-order valence-electron chi connectivity index (χ0n) is 19.7. The summed E-state index contributed by atoms with van der Waals surface area (Å²) >= 11 is 6.04. The number of amides is 3. The molecule has 0 unspecified atom stereocenters. The molecule has 2 aliphatic heterocycles. The smallest absolute Gasteiger partial charge is 0.316 e. The van der Waals surface area contributed by atoms with Gasteiger partial charge in [-0.05, 0) is 74.1 Å². The summed E-state index contributed by atoms with van der Waals surface area (Å²) in [4.78, 5) is 54.2. The van der Waals surface area contributed by atoms with Crippen molar-refractivity contribution in [1.29, 1.82) is 0 Å². The number of fused-ring (bicyclic) bond motifs is 1. The fraction of sp³-hybridized carbons (Fsp3) is 0.407. The lowest BCUT2D eigenvalue weighted by atomic mass is 9.76. The molecule has 0 aromatic heterocycles. The van der Waals surface area contributed by atoms with Gasteiger partial charge in [0.1, 0.15) is 5.75 Å². The Morgan fingerprint density at radius 2 is 1.80 bits per heavy atom. The third-order valence-corrected chi connectivity index (χ3v) is 7.63. The first-order chi connectivity index (χ1) is 16.7. The lowest BCUT2D eigenvalue weighted by molar-refractivity contribution is -0.139. The summed E-state index contributed by atoms with van der Waals surface area (Å²) in [5, 5.41) is 0.514. The molecule has 5 rings (SSSR count). The Bertz CT molecular complexity index is 1230. The van der Waals surface area contributed by atoms with Crippen LogP contribution in [0.5, 0.6) is 5.75 Å². The van der Waals surface area contributed by atoms with Crippen molar-refractivity contribution in [3.8, 4) is 5.75 Å². The van der Waals surface area contributed by atoms with E-state index in [4.69, 9.17) is 16.3 Å². The topological polar surface area (TPSA) is 84.0 Å². The van der Waals surface area contributed by atoms with Gasteiger partial charge in [0.15, 0.2) is 0 Å². The summed E-state index contributed by atoms with van der Waals surface area (Å²) in [7, 11) is 0. The zero-order valence-corrected chi connectivity index (χ0v) is 20.5. The van der Waals surface area contributed by atoms with Crippen molar-refractivity contribution in [1.82, 2.24) is 0 Å². The molecule has 3 amide bonds. The van der Waals surface area contributed by atoms with Gasteiger partial charge in [-0.25, -0.2) is 4.90 Å². The molecule has 0 N–H and O–H groups in total. The van der Waals surface area contributed by atoms with Crippen LogP contribution in [0.3, 0.4) is 0 Å². The minimum atomic E-state index is -0.603. The number of nitrogens with zero attached hydrogens (tertiary/aromatic N) is 2. The number of carbonyl (C=O) groups excluding carboxylic acids is 4. The molecule has 3 fully saturated rings. The van der Waals surface area contributed by atoms with E-state index in [0.29, 0.717) is 33.6 Å². The Kier molecular flexibility index (Phi) is 6.13. The average Bonchev–Trinajstić information content (AvgIpc) is 3.32. The summed E-state index contributed by atoms with van der Waals surface area (Å²) in [6, 6.07) is 11.9. The quantitative estimate of drug-likeness (QED) is 0.354. The number of ether oxygens (including phenoxy) is 1. The zero-order chi connectivity index (χ0) is 24.9. The normalized spacial score (nSPS) is 26.3. The third kappa shape index (κ3) is 4.33. The molecule has 182 valence electrons. The van der Waals surface area contributed by atoms with Crippen molar-refractivity contribution in [3.63, 3.8) is 0 Å². The van der Waals surface area contributed by atoms with Gasteiger partial charge >= 0.3 is 5.97 Å². The van der Waals surface area contributed by atoms with E-state index in [2.05, 4.69) is 6.92 Å². The number of hydrogen-bond acceptors (Lipinski definition) is 5. The molecule has 0 bridgehead atoms. The van der Waals surface area contributed by atoms with E-state index in [1.807, 2.05) is 0 Å². The molecule has 7 nitrogen and oxygen atoms in total. The molecule has 1 aliphatic carbocycles. The maximum Gasteiger partial charge on any atom is 0.316 e. The standard InChI is InChI=1S/C27H27ClN2O5/c1-15-6-8-21-22(10-15)26(33)30(25(21)32)23-9-7-20(11-16(23)2)35-27(34)17-12-24(31)29(14-17)19-5-3-4-18(28)13-19/h3-5,7,9,11,13,15,17,21-22H,6,8,10,12,14H2,1-2H3/t15-,17+,21+,22+/m0/s1. The number of hydrogen-bond donors (Lipinski definition) is 0. The molecule has 4 atom stereocenters. The lowest BCUT2D eigenvalue weighted by Gasteiger charge is -2.25. The second kappa shape index (κ2) is 9.11. The van der Waals surface area contributed by atoms with Crippen LogP contribution in [-0.2, 0) is 19.2 Å². The molecule has 2 aromatic carbocycles. The minimum Gasteiger partial charge on any atom is -0.426 e. The van der Waals surface area contributed by atoms with Crippen LogP contribution in [0, 0.1) is 30.6 Å². The van der Waals surface area contributed by atoms with Crippen LogP contribution in [0.2, 0.25) is 5.02 Å². The number of rotatable bonds is 4. The predicted molar refractivity (Wildman–Crippen MR) is 131 cm³/mol. The number of aryl methyl sites for hydroxylation is 1. The van der Waals surface area contributed by atoms with Crippen LogP contribution in [0.4, 0.5) is 11.4 Å². The summed E-state index contributed by atoms with van der Waals surface area (Å²) in [5.41, 5.74) is 1.85. The van der Waals surface area contributed by atoms with Crippen LogP contribution in [0.15, 0.2) is 42.5 Å².